The van der Waals surface area contributed by atoms with Crippen LogP contribution in [-0.2, 0) is 6.61 Å². The molecule has 1 atom stereocenters. The van der Waals surface area contributed by atoms with Gasteiger partial charge >= 0.3 is 0 Å². The number of halogens is 2. The summed E-state index contributed by atoms with van der Waals surface area (Å²) in [6.45, 7) is 4.35. The lowest BCUT2D eigenvalue weighted by Crippen LogP contribution is -2.05. The summed E-state index contributed by atoms with van der Waals surface area (Å²) < 4.78 is 5.81. The summed E-state index contributed by atoms with van der Waals surface area (Å²) in [6.07, 6.45) is 0. The Morgan fingerprint density at radius 3 is 2.60 bits per heavy atom. The lowest BCUT2D eigenvalue weighted by atomic mass is 10.1. The Morgan fingerprint density at radius 2 is 1.95 bits per heavy atom. The van der Waals surface area contributed by atoms with Crippen molar-refractivity contribution in [3.8, 4) is 5.75 Å². The minimum absolute atomic E-state index is 0.0186. The Balaban J connectivity index is 2.13. The normalized spacial score (nSPS) is 12.2. The average Bonchev–Trinajstić information content (AvgIpc) is 2.41. The molecule has 0 aromatic heterocycles. The number of nitrogens with two attached hydrogens (primary N) is 1. The average molecular weight is 310 g/mol. The van der Waals surface area contributed by atoms with Crippen LogP contribution in [0.4, 0.5) is 0 Å². The van der Waals surface area contributed by atoms with Crippen LogP contribution in [0.1, 0.15) is 29.7 Å². The van der Waals surface area contributed by atoms with Gasteiger partial charge in [-0.15, -0.1) is 0 Å². The monoisotopic (exact) mass is 309 g/mol. The summed E-state index contributed by atoms with van der Waals surface area (Å²) in [4.78, 5) is 0. The van der Waals surface area contributed by atoms with E-state index in [9.17, 15) is 0 Å². The number of benzene rings is 2. The number of hydrogen-bond acceptors (Lipinski definition) is 2. The summed E-state index contributed by atoms with van der Waals surface area (Å²) in [5.74, 6) is 0.824. The third-order valence-electron chi connectivity index (χ3n) is 3.14. The summed E-state index contributed by atoms with van der Waals surface area (Å²) in [5, 5.41) is 1.08. The van der Waals surface area contributed by atoms with Crippen molar-refractivity contribution in [2.24, 2.45) is 5.73 Å². The highest BCUT2D eigenvalue weighted by Gasteiger charge is 2.07. The van der Waals surface area contributed by atoms with Gasteiger partial charge in [0.1, 0.15) is 12.4 Å². The van der Waals surface area contributed by atoms with Crippen LogP contribution in [0.2, 0.25) is 10.0 Å². The van der Waals surface area contributed by atoms with E-state index in [1.165, 1.54) is 0 Å². The Bertz CT molecular complexity index is 611. The van der Waals surface area contributed by atoms with E-state index in [1.54, 1.807) is 6.07 Å². The molecular formula is C16H17Cl2NO. The van der Waals surface area contributed by atoms with E-state index < -0.39 is 0 Å². The van der Waals surface area contributed by atoms with Crippen molar-refractivity contribution < 1.29 is 4.74 Å². The molecule has 2 aromatic rings. The smallest absolute Gasteiger partial charge is 0.122 e. The van der Waals surface area contributed by atoms with Crippen LogP contribution in [0, 0.1) is 6.92 Å². The third-order valence-corrected chi connectivity index (χ3v) is 4.00. The first kappa shape index (κ1) is 15.2. The molecule has 0 fully saturated rings. The van der Waals surface area contributed by atoms with Crippen LogP contribution in [-0.4, -0.2) is 0 Å². The highest BCUT2D eigenvalue weighted by atomic mass is 35.5. The number of hydrogen-bond donors (Lipinski definition) is 1. The van der Waals surface area contributed by atoms with E-state index in [0.29, 0.717) is 16.7 Å². The van der Waals surface area contributed by atoms with Crippen molar-refractivity contribution in [3.63, 3.8) is 0 Å². The molecule has 0 radical (unpaired) electrons. The predicted octanol–water partition coefficient (Wildman–Crippen LogP) is 4.90. The van der Waals surface area contributed by atoms with E-state index in [2.05, 4.69) is 0 Å². The molecule has 0 saturated heterocycles. The van der Waals surface area contributed by atoms with E-state index in [-0.39, 0.29) is 6.04 Å². The lowest BCUT2D eigenvalue weighted by molar-refractivity contribution is 0.304. The van der Waals surface area contributed by atoms with Gasteiger partial charge in [0.25, 0.3) is 0 Å². The largest absolute Gasteiger partial charge is 0.489 e. The van der Waals surface area contributed by atoms with Gasteiger partial charge < -0.3 is 10.5 Å². The van der Waals surface area contributed by atoms with E-state index in [0.717, 1.165) is 22.4 Å². The van der Waals surface area contributed by atoms with Gasteiger partial charge in [-0.3, -0.25) is 0 Å². The summed E-state index contributed by atoms with van der Waals surface area (Å²) in [7, 11) is 0. The summed E-state index contributed by atoms with van der Waals surface area (Å²) in [5.41, 5.74) is 8.88. The van der Waals surface area contributed by atoms with Crippen LogP contribution in [0.25, 0.3) is 0 Å². The fourth-order valence-electron chi connectivity index (χ4n) is 1.93. The molecule has 0 heterocycles. The van der Waals surface area contributed by atoms with Gasteiger partial charge in [-0.25, -0.2) is 0 Å². The molecule has 0 saturated carbocycles. The number of aryl methyl sites for hydroxylation is 1. The molecule has 2 nitrogen and oxygen atoms in total. The van der Waals surface area contributed by atoms with Crippen molar-refractivity contribution >= 4 is 23.2 Å². The lowest BCUT2D eigenvalue weighted by Gasteiger charge is -2.13. The maximum Gasteiger partial charge on any atom is 0.122 e. The van der Waals surface area contributed by atoms with Gasteiger partial charge in [-0.2, -0.15) is 0 Å². The first-order chi connectivity index (χ1) is 9.49. The maximum absolute atomic E-state index is 6.14. The third kappa shape index (κ3) is 3.45. The summed E-state index contributed by atoms with van der Waals surface area (Å²) in [6, 6.07) is 11.5. The minimum Gasteiger partial charge on any atom is -0.489 e. The van der Waals surface area contributed by atoms with Crippen molar-refractivity contribution in [2.45, 2.75) is 26.5 Å². The standard InChI is InChI=1S/C16H17Cl2NO/c1-10-8-12(11(2)19)6-7-15(10)20-9-13-4-3-5-14(17)16(13)18/h3-8,11H,9,19H2,1-2H3. The van der Waals surface area contributed by atoms with Gasteiger partial charge in [0.15, 0.2) is 0 Å². The fraction of sp³-hybridized carbons (Fsp3) is 0.250. The molecular weight excluding hydrogens is 293 g/mol. The molecule has 2 aromatic carbocycles. The molecule has 0 aliphatic heterocycles. The molecule has 0 amide bonds. The second kappa shape index (κ2) is 6.49. The van der Waals surface area contributed by atoms with Gasteiger partial charge in [0.2, 0.25) is 0 Å². The SMILES string of the molecule is Cc1cc(C(C)N)ccc1OCc1cccc(Cl)c1Cl. The van der Waals surface area contributed by atoms with Crippen molar-refractivity contribution in [3.05, 3.63) is 63.1 Å². The van der Waals surface area contributed by atoms with Crippen LogP contribution in [0.3, 0.4) is 0 Å². The fourth-order valence-corrected chi connectivity index (χ4v) is 2.31. The molecule has 20 heavy (non-hydrogen) atoms. The molecule has 2 rings (SSSR count). The molecule has 2 N–H and O–H groups in total. The van der Waals surface area contributed by atoms with Crippen LogP contribution in [0.5, 0.6) is 5.75 Å². The van der Waals surface area contributed by atoms with Gasteiger partial charge in [0.05, 0.1) is 10.0 Å². The maximum atomic E-state index is 6.14. The molecule has 0 aliphatic carbocycles. The van der Waals surface area contributed by atoms with E-state index >= 15 is 0 Å². The molecule has 4 heteroatoms. The second-order valence-corrected chi connectivity index (χ2v) is 5.60. The molecule has 0 aliphatic rings. The van der Waals surface area contributed by atoms with E-state index in [1.807, 2.05) is 44.2 Å². The topological polar surface area (TPSA) is 35.2 Å². The zero-order valence-electron chi connectivity index (χ0n) is 11.5. The van der Waals surface area contributed by atoms with Crippen LogP contribution < -0.4 is 10.5 Å². The molecule has 1 unspecified atom stereocenters. The number of rotatable bonds is 4. The van der Waals surface area contributed by atoms with Crippen molar-refractivity contribution in [2.75, 3.05) is 0 Å². The Labute approximate surface area is 129 Å². The van der Waals surface area contributed by atoms with Crippen LogP contribution in [0.15, 0.2) is 36.4 Å². The molecule has 0 bridgehead atoms. The van der Waals surface area contributed by atoms with E-state index in [4.69, 9.17) is 33.7 Å². The van der Waals surface area contributed by atoms with Crippen molar-refractivity contribution in [1.29, 1.82) is 0 Å². The Morgan fingerprint density at radius 1 is 1.20 bits per heavy atom. The van der Waals surface area contributed by atoms with Crippen molar-refractivity contribution in [1.82, 2.24) is 0 Å². The Hall–Kier alpha value is -1.22. The minimum atomic E-state index is 0.0186. The summed E-state index contributed by atoms with van der Waals surface area (Å²) >= 11 is 12.1. The van der Waals surface area contributed by atoms with Gasteiger partial charge in [-0.1, -0.05) is 47.5 Å². The van der Waals surface area contributed by atoms with Crippen LogP contribution >= 0.6 is 23.2 Å². The molecule has 0 spiro atoms. The zero-order chi connectivity index (χ0) is 14.7. The first-order valence-corrected chi connectivity index (χ1v) is 7.16. The highest BCUT2D eigenvalue weighted by molar-refractivity contribution is 6.42. The molecule has 106 valence electrons. The Kier molecular flexibility index (Phi) is 4.92. The van der Waals surface area contributed by atoms with Gasteiger partial charge in [-0.05, 0) is 37.1 Å². The predicted molar refractivity (Wildman–Crippen MR) is 84.6 cm³/mol. The quantitative estimate of drug-likeness (QED) is 0.871. The highest BCUT2D eigenvalue weighted by Crippen LogP contribution is 2.28. The van der Waals surface area contributed by atoms with Gasteiger partial charge in [0, 0.05) is 11.6 Å². The second-order valence-electron chi connectivity index (χ2n) is 4.82. The number of ether oxygens (including phenoxy) is 1. The zero-order valence-corrected chi connectivity index (χ0v) is 13.0. The first-order valence-electron chi connectivity index (χ1n) is 6.41.